The third-order valence-corrected chi connectivity index (χ3v) is 3.62. The molecule has 0 spiro atoms. The van der Waals surface area contributed by atoms with Crippen LogP contribution in [-0.4, -0.2) is 25.0 Å². The van der Waals surface area contributed by atoms with E-state index < -0.39 is 6.10 Å². The van der Waals surface area contributed by atoms with Gasteiger partial charge in [-0.25, -0.2) is 0 Å². The number of aryl methyl sites for hydroxylation is 1. The highest BCUT2D eigenvalue weighted by molar-refractivity contribution is 6.04. The van der Waals surface area contributed by atoms with E-state index in [9.17, 15) is 9.59 Å². The molecule has 2 N–H and O–H groups in total. The van der Waals surface area contributed by atoms with Crippen LogP contribution < -0.4 is 15.4 Å². The highest BCUT2D eigenvalue weighted by atomic mass is 16.5. The van der Waals surface area contributed by atoms with Crippen LogP contribution in [0.5, 0.6) is 5.75 Å². The molecule has 0 aliphatic heterocycles. The van der Waals surface area contributed by atoms with Gasteiger partial charge in [-0.2, -0.15) is 0 Å². The molecule has 0 heterocycles. The average molecular weight is 326 g/mol. The Morgan fingerprint density at radius 1 is 1.08 bits per heavy atom. The number of ether oxygens (including phenoxy) is 1. The second-order valence-electron chi connectivity index (χ2n) is 5.44. The van der Waals surface area contributed by atoms with E-state index in [4.69, 9.17) is 4.74 Å². The third kappa shape index (κ3) is 4.35. The third-order valence-electron chi connectivity index (χ3n) is 3.62. The van der Waals surface area contributed by atoms with Crippen LogP contribution in [0.25, 0.3) is 0 Å². The summed E-state index contributed by atoms with van der Waals surface area (Å²) in [6.45, 7) is 3.87. The SMILES string of the molecule is CCC(Oc1ccc(C)cc1)C(=O)Nc1ccccc1C(=O)NC. The lowest BCUT2D eigenvalue weighted by atomic mass is 10.1. The van der Waals surface area contributed by atoms with Crippen LogP contribution >= 0.6 is 0 Å². The lowest BCUT2D eigenvalue weighted by Gasteiger charge is -2.18. The molecular formula is C19H22N2O3. The van der Waals surface area contributed by atoms with Crippen molar-refractivity contribution in [1.29, 1.82) is 0 Å². The van der Waals surface area contributed by atoms with Crippen molar-refractivity contribution in [3.05, 3.63) is 59.7 Å². The molecule has 126 valence electrons. The molecule has 1 atom stereocenters. The van der Waals surface area contributed by atoms with Crippen molar-refractivity contribution in [2.45, 2.75) is 26.4 Å². The molecule has 0 aliphatic carbocycles. The predicted octanol–water partition coefficient (Wildman–Crippen LogP) is 3.15. The van der Waals surface area contributed by atoms with Gasteiger partial charge in [0.2, 0.25) is 0 Å². The molecule has 1 unspecified atom stereocenters. The van der Waals surface area contributed by atoms with Gasteiger partial charge in [-0.05, 0) is 37.6 Å². The fraction of sp³-hybridized carbons (Fsp3) is 0.263. The molecule has 0 radical (unpaired) electrons. The summed E-state index contributed by atoms with van der Waals surface area (Å²) >= 11 is 0. The van der Waals surface area contributed by atoms with E-state index in [1.165, 1.54) is 0 Å². The fourth-order valence-corrected chi connectivity index (χ4v) is 2.24. The highest BCUT2D eigenvalue weighted by Gasteiger charge is 2.20. The van der Waals surface area contributed by atoms with Crippen LogP contribution in [0.4, 0.5) is 5.69 Å². The van der Waals surface area contributed by atoms with Crippen molar-refractivity contribution in [2.24, 2.45) is 0 Å². The van der Waals surface area contributed by atoms with Gasteiger partial charge in [-0.1, -0.05) is 36.8 Å². The van der Waals surface area contributed by atoms with Crippen molar-refractivity contribution in [3.8, 4) is 5.75 Å². The van der Waals surface area contributed by atoms with Crippen molar-refractivity contribution in [3.63, 3.8) is 0 Å². The van der Waals surface area contributed by atoms with Crippen molar-refractivity contribution in [1.82, 2.24) is 5.32 Å². The Balaban J connectivity index is 2.12. The molecule has 5 heteroatoms. The molecule has 0 saturated heterocycles. The molecule has 0 bridgehead atoms. The Morgan fingerprint density at radius 3 is 2.38 bits per heavy atom. The molecule has 2 aromatic rings. The molecule has 0 aliphatic rings. The van der Waals surface area contributed by atoms with E-state index in [2.05, 4.69) is 10.6 Å². The molecule has 0 fully saturated rings. The van der Waals surface area contributed by atoms with E-state index in [-0.39, 0.29) is 11.8 Å². The Morgan fingerprint density at radius 2 is 1.75 bits per heavy atom. The Hall–Kier alpha value is -2.82. The van der Waals surface area contributed by atoms with Gasteiger partial charge in [-0.3, -0.25) is 9.59 Å². The van der Waals surface area contributed by atoms with Gasteiger partial charge in [-0.15, -0.1) is 0 Å². The first kappa shape index (κ1) is 17.5. The summed E-state index contributed by atoms with van der Waals surface area (Å²) in [4.78, 5) is 24.4. The smallest absolute Gasteiger partial charge is 0.265 e. The molecule has 0 saturated carbocycles. The van der Waals surface area contributed by atoms with Gasteiger partial charge in [0.25, 0.3) is 11.8 Å². The molecule has 2 amide bonds. The van der Waals surface area contributed by atoms with E-state index in [0.717, 1.165) is 5.56 Å². The first-order chi connectivity index (χ1) is 11.5. The summed E-state index contributed by atoms with van der Waals surface area (Å²) in [6, 6.07) is 14.4. The molecule has 2 aromatic carbocycles. The zero-order valence-electron chi connectivity index (χ0n) is 14.1. The number of para-hydroxylation sites is 1. The monoisotopic (exact) mass is 326 g/mol. The molecule has 5 nitrogen and oxygen atoms in total. The van der Waals surface area contributed by atoms with Crippen LogP contribution in [0.2, 0.25) is 0 Å². The standard InChI is InChI=1S/C19H22N2O3/c1-4-17(24-14-11-9-13(2)10-12-14)19(23)21-16-8-6-5-7-15(16)18(22)20-3/h5-12,17H,4H2,1-3H3,(H,20,22)(H,21,23). The van der Waals surface area contributed by atoms with Crippen molar-refractivity contribution in [2.75, 3.05) is 12.4 Å². The number of hydrogen-bond acceptors (Lipinski definition) is 3. The number of nitrogens with one attached hydrogen (secondary N) is 2. The second-order valence-corrected chi connectivity index (χ2v) is 5.44. The minimum absolute atomic E-state index is 0.251. The maximum absolute atomic E-state index is 12.5. The van der Waals surface area contributed by atoms with Crippen molar-refractivity contribution < 1.29 is 14.3 Å². The lowest BCUT2D eigenvalue weighted by molar-refractivity contribution is -0.122. The normalized spacial score (nSPS) is 11.5. The maximum atomic E-state index is 12.5. The summed E-state index contributed by atoms with van der Waals surface area (Å²) in [5, 5.41) is 5.35. The zero-order chi connectivity index (χ0) is 17.5. The lowest BCUT2D eigenvalue weighted by Crippen LogP contribution is -2.33. The zero-order valence-corrected chi connectivity index (χ0v) is 14.1. The molecular weight excluding hydrogens is 304 g/mol. The number of benzene rings is 2. The molecule has 24 heavy (non-hydrogen) atoms. The summed E-state index contributed by atoms with van der Waals surface area (Å²) < 4.78 is 5.77. The van der Waals surface area contributed by atoms with Crippen LogP contribution in [0.3, 0.4) is 0 Å². The first-order valence-corrected chi connectivity index (χ1v) is 7.90. The second kappa shape index (κ2) is 8.15. The number of anilines is 1. The van der Waals surface area contributed by atoms with Gasteiger partial charge in [0.1, 0.15) is 5.75 Å². The summed E-state index contributed by atoms with van der Waals surface area (Å²) in [5.74, 6) is 0.106. The maximum Gasteiger partial charge on any atom is 0.265 e. The van der Waals surface area contributed by atoms with Crippen molar-refractivity contribution >= 4 is 17.5 Å². The fourth-order valence-electron chi connectivity index (χ4n) is 2.24. The Bertz CT molecular complexity index is 711. The predicted molar refractivity (Wildman–Crippen MR) is 94.3 cm³/mol. The van der Waals surface area contributed by atoms with Gasteiger partial charge < -0.3 is 15.4 Å². The van der Waals surface area contributed by atoms with Gasteiger partial charge in [0, 0.05) is 7.05 Å². The number of rotatable bonds is 6. The average Bonchev–Trinajstić information content (AvgIpc) is 2.61. The molecule has 2 rings (SSSR count). The summed E-state index contributed by atoms with van der Waals surface area (Å²) in [6.07, 6.45) is -0.118. The highest BCUT2D eigenvalue weighted by Crippen LogP contribution is 2.18. The van der Waals surface area contributed by atoms with Crippen LogP contribution in [0.15, 0.2) is 48.5 Å². The van der Waals surface area contributed by atoms with Gasteiger partial charge in [0.05, 0.1) is 11.3 Å². The summed E-state index contributed by atoms with van der Waals surface area (Å²) in [5.41, 5.74) is 2.01. The minimum atomic E-state index is -0.634. The number of amides is 2. The van der Waals surface area contributed by atoms with Gasteiger partial charge >= 0.3 is 0 Å². The van der Waals surface area contributed by atoms with Gasteiger partial charge in [0.15, 0.2) is 6.10 Å². The van der Waals surface area contributed by atoms with E-state index in [0.29, 0.717) is 23.4 Å². The summed E-state index contributed by atoms with van der Waals surface area (Å²) in [7, 11) is 1.55. The minimum Gasteiger partial charge on any atom is -0.481 e. The van der Waals surface area contributed by atoms with Crippen LogP contribution in [0.1, 0.15) is 29.3 Å². The Labute approximate surface area is 142 Å². The molecule has 0 aromatic heterocycles. The quantitative estimate of drug-likeness (QED) is 0.857. The number of carbonyl (C=O) groups is 2. The van der Waals surface area contributed by atoms with Crippen LogP contribution in [-0.2, 0) is 4.79 Å². The topological polar surface area (TPSA) is 67.4 Å². The van der Waals surface area contributed by atoms with E-state index >= 15 is 0 Å². The Kier molecular flexibility index (Phi) is 5.95. The van der Waals surface area contributed by atoms with E-state index in [1.54, 1.807) is 31.3 Å². The largest absolute Gasteiger partial charge is 0.481 e. The first-order valence-electron chi connectivity index (χ1n) is 7.90. The number of carbonyl (C=O) groups excluding carboxylic acids is 2. The van der Waals surface area contributed by atoms with Crippen LogP contribution in [0, 0.1) is 6.92 Å². The van der Waals surface area contributed by atoms with E-state index in [1.807, 2.05) is 38.1 Å². The number of hydrogen-bond donors (Lipinski definition) is 2.